The molecule has 0 spiro atoms. The van der Waals surface area contributed by atoms with E-state index < -0.39 is 29.5 Å². The van der Waals surface area contributed by atoms with Crippen molar-refractivity contribution in [3.05, 3.63) is 58.6 Å². The summed E-state index contributed by atoms with van der Waals surface area (Å²) in [5, 5.41) is 9.79. The van der Waals surface area contributed by atoms with Crippen molar-refractivity contribution in [3.63, 3.8) is 0 Å². The van der Waals surface area contributed by atoms with Crippen LogP contribution < -0.4 is 15.4 Å². The van der Waals surface area contributed by atoms with Crippen LogP contribution in [-0.4, -0.2) is 35.7 Å². The van der Waals surface area contributed by atoms with Crippen molar-refractivity contribution >= 4 is 23.5 Å². The Kier molecular flexibility index (Phi) is 5.06. The molecule has 2 N–H and O–H groups in total. The summed E-state index contributed by atoms with van der Waals surface area (Å²) in [6.07, 6.45) is 0. The van der Waals surface area contributed by atoms with E-state index >= 15 is 0 Å². The van der Waals surface area contributed by atoms with Gasteiger partial charge in [0.15, 0.2) is 0 Å². The van der Waals surface area contributed by atoms with E-state index in [-0.39, 0.29) is 29.7 Å². The molecule has 1 saturated heterocycles. The van der Waals surface area contributed by atoms with Crippen LogP contribution in [0.5, 0.6) is 5.75 Å². The lowest BCUT2D eigenvalue weighted by atomic mass is 9.93. The maximum atomic E-state index is 14.5. The van der Waals surface area contributed by atoms with Gasteiger partial charge < -0.3 is 19.9 Å². The van der Waals surface area contributed by atoms with Gasteiger partial charge >= 0.3 is 6.01 Å². The number of benzene rings is 2. The predicted molar refractivity (Wildman–Crippen MR) is 101 cm³/mol. The van der Waals surface area contributed by atoms with Crippen molar-refractivity contribution in [2.45, 2.75) is 12.0 Å². The quantitative estimate of drug-likeness (QED) is 0.658. The molecule has 10 heteroatoms. The van der Waals surface area contributed by atoms with E-state index in [1.54, 1.807) is 24.3 Å². The Labute approximate surface area is 169 Å². The highest BCUT2D eigenvalue weighted by atomic mass is 35.5. The third-order valence-electron chi connectivity index (χ3n) is 4.65. The molecule has 1 fully saturated rings. The van der Waals surface area contributed by atoms with Gasteiger partial charge in [-0.25, -0.2) is 8.78 Å². The lowest BCUT2D eigenvalue weighted by molar-refractivity contribution is -0.119. The van der Waals surface area contributed by atoms with Gasteiger partial charge in [-0.05, 0) is 24.3 Å². The Morgan fingerprint density at radius 3 is 2.59 bits per heavy atom. The average molecular weight is 421 g/mol. The van der Waals surface area contributed by atoms with Gasteiger partial charge in [0.1, 0.15) is 23.4 Å². The largest absolute Gasteiger partial charge is 0.497 e. The molecule has 3 aromatic rings. The number of hydrogen-bond donors (Lipinski definition) is 2. The van der Waals surface area contributed by atoms with Crippen LogP contribution in [0.15, 0.2) is 40.9 Å². The van der Waals surface area contributed by atoms with E-state index in [0.29, 0.717) is 10.6 Å². The molecule has 7 nitrogen and oxygen atoms in total. The van der Waals surface area contributed by atoms with Crippen LogP contribution >= 0.6 is 11.6 Å². The minimum Gasteiger partial charge on any atom is -0.497 e. The zero-order valence-corrected chi connectivity index (χ0v) is 15.8. The summed E-state index contributed by atoms with van der Waals surface area (Å²) in [4.78, 5) is 16.5. The summed E-state index contributed by atoms with van der Waals surface area (Å²) in [5.41, 5.74) is 0.435. The van der Waals surface area contributed by atoms with Crippen molar-refractivity contribution in [3.8, 4) is 17.1 Å². The molecule has 2 atom stereocenters. The molecule has 0 unspecified atom stereocenters. The summed E-state index contributed by atoms with van der Waals surface area (Å²) in [5.74, 6) is -2.53. The molecule has 1 aromatic heterocycles. The second kappa shape index (κ2) is 7.67. The lowest BCUT2D eigenvalue weighted by Crippen LogP contribution is -2.33. The highest BCUT2D eigenvalue weighted by Crippen LogP contribution is 2.33. The second-order valence-corrected chi connectivity index (χ2v) is 6.84. The minimum atomic E-state index is -0.995. The van der Waals surface area contributed by atoms with Gasteiger partial charge in [-0.3, -0.25) is 4.79 Å². The maximum Gasteiger partial charge on any atom is 0.322 e. The molecular formula is C19H15ClF2N4O3. The summed E-state index contributed by atoms with van der Waals surface area (Å²) < 4.78 is 39.0. The molecule has 1 amide bonds. The second-order valence-electron chi connectivity index (χ2n) is 6.41. The number of rotatable bonds is 5. The molecule has 0 radical (unpaired) electrons. The van der Waals surface area contributed by atoms with Gasteiger partial charge in [0.25, 0.3) is 0 Å². The number of amides is 1. The Hall–Kier alpha value is -3.20. The minimum absolute atomic E-state index is 0.0451. The van der Waals surface area contributed by atoms with Gasteiger partial charge in [-0.1, -0.05) is 16.8 Å². The summed E-state index contributed by atoms with van der Waals surface area (Å²) in [7, 11) is 1.31. The Morgan fingerprint density at radius 2 is 1.93 bits per heavy atom. The molecule has 2 aromatic carbocycles. The van der Waals surface area contributed by atoms with E-state index in [1.165, 1.54) is 7.11 Å². The number of hydrogen-bond acceptors (Lipinski definition) is 6. The smallest absolute Gasteiger partial charge is 0.322 e. The molecule has 29 heavy (non-hydrogen) atoms. The van der Waals surface area contributed by atoms with Gasteiger partial charge in [0.2, 0.25) is 11.7 Å². The van der Waals surface area contributed by atoms with Crippen LogP contribution in [0.2, 0.25) is 5.02 Å². The summed E-state index contributed by atoms with van der Waals surface area (Å²) >= 11 is 5.86. The Morgan fingerprint density at radius 1 is 1.24 bits per heavy atom. The number of carbonyl (C=O) groups is 1. The third kappa shape index (κ3) is 3.73. The Balaban J connectivity index is 1.59. The van der Waals surface area contributed by atoms with Crippen molar-refractivity contribution in [1.29, 1.82) is 0 Å². The van der Waals surface area contributed by atoms with Crippen molar-refractivity contribution in [2.24, 2.45) is 0 Å². The number of nitrogens with one attached hydrogen (secondary N) is 2. The zero-order valence-electron chi connectivity index (χ0n) is 15.1. The molecule has 1 aliphatic rings. The number of carbonyl (C=O) groups excluding carboxylic acids is 1. The van der Waals surface area contributed by atoms with Crippen LogP contribution in [0.1, 0.15) is 11.5 Å². The molecule has 150 valence electrons. The molecule has 0 aliphatic carbocycles. The average Bonchev–Trinajstić information content (AvgIpc) is 3.30. The van der Waals surface area contributed by atoms with E-state index in [1.807, 2.05) is 0 Å². The lowest BCUT2D eigenvalue weighted by Gasteiger charge is -2.19. The van der Waals surface area contributed by atoms with Gasteiger partial charge in [0.05, 0.1) is 7.11 Å². The Bertz CT molecular complexity index is 1030. The first-order chi connectivity index (χ1) is 14.0. The van der Waals surface area contributed by atoms with E-state index in [4.69, 9.17) is 20.9 Å². The van der Waals surface area contributed by atoms with Crippen LogP contribution in [0.25, 0.3) is 11.4 Å². The fourth-order valence-electron chi connectivity index (χ4n) is 3.22. The summed E-state index contributed by atoms with van der Waals surface area (Å²) in [6.45, 7) is 0.0504. The highest BCUT2D eigenvalue weighted by molar-refractivity contribution is 6.30. The molecule has 2 heterocycles. The number of halogens is 3. The number of methoxy groups -OCH3 is 1. The number of aromatic nitrogens is 2. The van der Waals surface area contributed by atoms with Crippen molar-refractivity contribution in [1.82, 2.24) is 15.5 Å². The zero-order chi connectivity index (χ0) is 20.5. The standard InChI is InChI=1S/C19H15ClF2N4O3/c1-28-11-6-13(21)15(14(22)7-11)12-8-23-18(27)16(12)24-19-25-17(26-29-19)9-2-4-10(20)5-3-9/h2-7,12,16H,8H2,1H3,(H,23,27)(H,24,25,26)/t12-,16-/m0/s1. The van der Waals surface area contributed by atoms with Crippen LogP contribution in [0.3, 0.4) is 0 Å². The normalized spacial score (nSPS) is 18.6. The van der Waals surface area contributed by atoms with Crippen LogP contribution in [0, 0.1) is 11.6 Å². The maximum absolute atomic E-state index is 14.5. The van der Waals surface area contributed by atoms with Gasteiger partial charge in [-0.15, -0.1) is 0 Å². The van der Waals surface area contributed by atoms with Crippen LogP contribution in [-0.2, 0) is 4.79 Å². The van der Waals surface area contributed by atoms with E-state index in [2.05, 4.69) is 20.8 Å². The first-order valence-electron chi connectivity index (χ1n) is 8.63. The topological polar surface area (TPSA) is 89.3 Å². The van der Waals surface area contributed by atoms with E-state index in [0.717, 1.165) is 12.1 Å². The van der Waals surface area contributed by atoms with Crippen molar-refractivity contribution < 1.29 is 22.8 Å². The first-order valence-corrected chi connectivity index (χ1v) is 9.01. The molecular weight excluding hydrogens is 406 g/mol. The molecule has 4 rings (SSSR count). The van der Waals surface area contributed by atoms with Gasteiger partial charge in [0, 0.05) is 40.7 Å². The number of ether oxygens (including phenoxy) is 1. The molecule has 0 saturated carbocycles. The predicted octanol–water partition coefficient (Wildman–Crippen LogP) is 3.37. The SMILES string of the molecule is COc1cc(F)c([C@@H]2CNC(=O)[C@H]2Nc2nc(-c3ccc(Cl)cc3)no2)c(F)c1. The molecule has 0 bridgehead atoms. The van der Waals surface area contributed by atoms with Gasteiger partial charge in [-0.2, -0.15) is 4.98 Å². The van der Waals surface area contributed by atoms with Crippen LogP contribution in [0.4, 0.5) is 14.8 Å². The molecule has 1 aliphatic heterocycles. The summed E-state index contributed by atoms with van der Waals surface area (Å²) in [6, 6.07) is 7.88. The third-order valence-corrected chi connectivity index (χ3v) is 4.90. The number of nitrogens with zero attached hydrogens (tertiary/aromatic N) is 2. The monoisotopic (exact) mass is 420 g/mol. The number of anilines is 1. The highest BCUT2D eigenvalue weighted by Gasteiger charge is 2.40. The fourth-order valence-corrected chi connectivity index (χ4v) is 3.35. The van der Waals surface area contributed by atoms with Crippen molar-refractivity contribution in [2.75, 3.05) is 19.0 Å². The van der Waals surface area contributed by atoms with E-state index in [9.17, 15) is 13.6 Å². The first kappa shape index (κ1) is 19.1. The fraction of sp³-hybridized carbons (Fsp3) is 0.211.